The number of thioether (sulfide) groups is 1. The summed E-state index contributed by atoms with van der Waals surface area (Å²) >= 11 is 2.12. The Labute approximate surface area is 87.3 Å². The second-order valence-electron chi connectivity index (χ2n) is 5.07. The summed E-state index contributed by atoms with van der Waals surface area (Å²) in [5, 5.41) is 0. The number of hydrogen-bond donors (Lipinski definition) is 0. The largest absolute Gasteiger partial charge is 0.301 e. The molecule has 1 aliphatic rings. The molecule has 1 nitrogen and oxygen atoms in total. The van der Waals surface area contributed by atoms with Gasteiger partial charge in [0.2, 0.25) is 0 Å². The Morgan fingerprint density at radius 2 is 2.08 bits per heavy atom. The molecule has 0 aromatic rings. The first-order valence-corrected chi connectivity index (χ1v) is 6.34. The molecule has 0 aromatic heterocycles. The summed E-state index contributed by atoms with van der Waals surface area (Å²) < 4.78 is 0.481. The van der Waals surface area contributed by atoms with Crippen LogP contribution in [0.4, 0.5) is 0 Å². The van der Waals surface area contributed by atoms with Gasteiger partial charge < -0.3 is 4.90 Å². The molecule has 0 amide bonds. The van der Waals surface area contributed by atoms with E-state index in [2.05, 4.69) is 44.4 Å². The normalized spacial score (nSPS) is 23.8. The fourth-order valence-electron chi connectivity index (χ4n) is 1.75. The molecular formula is C11H23NS. The van der Waals surface area contributed by atoms with Crippen molar-refractivity contribution in [2.45, 2.75) is 38.9 Å². The lowest BCUT2D eigenvalue weighted by Gasteiger charge is -2.37. The first-order chi connectivity index (χ1) is 5.99. The third-order valence-corrected chi connectivity index (χ3v) is 3.82. The highest BCUT2D eigenvalue weighted by Gasteiger charge is 2.26. The summed E-state index contributed by atoms with van der Waals surface area (Å²) in [6.07, 6.45) is 1.35. The van der Waals surface area contributed by atoms with Crippen LogP contribution in [0.15, 0.2) is 0 Å². The molecule has 1 rings (SSSR count). The van der Waals surface area contributed by atoms with E-state index in [4.69, 9.17) is 0 Å². The van der Waals surface area contributed by atoms with Crippen LogP contribution < -0.4 is 0 Å². The fraction of sp³-hybridized carbons (Fsp3) is 1.00. The summed E-state index contributed by atoms with van der Waals surface area (Å²) in [6, 6.07) is 0. The smallest absolute Gasteiger partial charge is 0.0231 e. The van der Waals surface area contributed by atoms with E-state index < -0.39 is 0 Å². The molecule has 0 aromatic carbocycles. The lowest BCUT2D eigenvalue weighted by molar-refractivity contribution is 0.246. The van der Waals surface area contributed by atoms with Gasteiger partial charge in [-0.05, 0) is 32.7 Å². The third-order valence-electron chi connectivity index (χ3n) is 2.53. The quantitative estimate of drug-likeness (QED) is 0.691. The zero-order valence-corrected chi connectivity index (χ0v) is 10.3. The Balaban J connectivity index is 2.26. The molecule has 1 aliphatic heterocycles. The second-order valence-corrected chi connectivity index (χ2v) is 6.87. The van der Waals surface area contributed by atoms with E-state index in [1.54, 1.807) is 0 Å². The van der Waals surface area contributed by atoms with Gasteiger partial charge in [0.25, 0.3) is 0 Å². The Kier molecular flexibility index (Phi) is 4.11. The van der Waals surface area contributed by atoms with Gasteiger partial charge in [0.15, 0.2) is 0 Å². The van der Waals surface area contributed by atoms with Gasteiger partial charge in [0.05, 0.1) is 0 Å². The Morgan fingerprint density at radius 1 is 1.38 bits per heavy atom. The lowest BCUT2D eigenvalue weighted by atomic mass is 10.1. The SMILES string of the molecule is CC(C)CCN1CCSC(C)(C)C1. The van der Waals surface area contributed by atoms with E-state index in [0.717, 1.165) is 5.92 Å². The van der Waals surface area contributed by atoms with Crippen LogP contribution in [0, 0.1) is 5.92 Å². The van der Waals surface area contributed by atoms with E-state index in [0.29, 0.717) is 4.75 Å². The molecule has 1 heterocycles. The minimum atomic E-state index is 0.481. The van der Waals surface area contributed by atoms with Crippen molar-refractivity contribution in [3.05, 3.63) is 0 Å². The second kappa shape index (κ2) is 4.70. The van der Waals surface area contributed by atoms with Gasteiger partial charge in [-0.1, -0.05) is 13.8 Å². The van der Waals surface area contributed by atoms with Gasteiger partial charge in [0, 0.05) is 23.6 Å². The minimum absolute atomic E-state index is 0.481. The lowest BCUT2D eigenvalue weighted by Crippen LogP contribution is -2.43. The first kappa shape index (κ1) is 11.4. The number of nitrogens with zero attached hydrogens (tertiary/aromatic N) is 1. The Bertz CT molecular complexity index is 154. The molecule has 13 heavy (non-hydrogen) atoms. The topological polar surface area (TPSA) is 3.24 Å². The molecule has 0 N–H and O–H groups in total. The van der Waals surface area contributed by atoms with Crippen LogP contribution in [0.1, 0.15) is 34.1 Å². The highest BCUT2D eigenvalue weighted by molar-refractivity contribution is 8.00. The molecule has 0 bridgehead atoms. The van der Waals surface area contributed by atoms with Crippen molar-refractivity contribution in [1.29, 1.82) is 0 Å². The molecular weight excluding hydrogens is 178 g/mol. The predicted octanol–water partition coefficient (Wildman–Crippen LogP) is 2.86. The maximum atomic E-state index is 2.62. The Morgan fingerprint density at radius 3 is 2.62 bits per heavy atom. The van der Waals surface area contributed by atoms with Crippen molar-refractivity contribution in [2.24, 2.45) is 5.92 Å². The summed E-state index contributed by atoms with van der Waals surface area (Å²) in [5.41, 5.74) is 0. The van der Waals surface area contributed by atoms with Gasteiger partial charge >= 0.3 is 0 Å². The van der Waals surface area contributed by atoms with Gasteiger partial charge in [-0.2, -0.15) is 11.8 Å². The molecule has 1 fully saturated rings. The van der Waals surface area contributed by atoms with Crippen LogP contribution in [0.3, 0.4) is 0 Å². The summed E-state index contributed by atoms with van der Waals surface area (Å²) in [5.74, 6) is 2.16. The first-order valence-electron chi connectivity index (χ1n) is 5.36. The van der Waals surface area contributed by atoms with Crippen LogP contribution >= 0.6 is 11.8 Å². The van der Waals surface area contributed by atoms with E-state index >= 15 is 0 Å². The van der Waals surface area contributed by atoms with Crippen molar-refractivity contribution in [3.63, 3.8) is 0 Å². The molecule has 0 unspecified atom stereocenters. The molecule has 0 aliphatic carbocycles. The summed E-state index contributed by atoms with van der Waals surface area (Å²) in [7, 11) is 0. The average Bonchev–Trinajstić information content (AvgIpc) is 1.99. The minimum Gasteiger partial charge on any atom is -0.301 e. The summed E-state index contributed by atoms with van der Waals surface area (Å²) in [6.45, 7) is 13.2. The number of rotatable bonds is 3. The Hall–Kier alpha value is 0.310. The van der Waals surface area contributed by atoms with Crippen molar-refractivity contribution in [1.82, 2.24) is 4.90 Å². The van der Waals surface area contributed by atoms with E-state index in [9.17, 15) is 0 Å². The zero-order chi connectivity index (χ0) is 9.90. The van der Waals surface area contributed by atoms with Crippen molar-refractivity contribution in [3.8, 4) is 0 Å². The fourth-order valence-corrected chi connectivity index (χ4v) is 2.92. The predicted molar refractivity (Wildman–Crippen MR) is 62.4 cm³/mol. The maximum absolute atomic E-state index is 2.62. The monoisotopic (exact) mass is 201 g/mol. The van der Waals surface area contributed by atoms with E-state index in [1.165, 1.54) is 31.8 Å². The molecule has 78 valence electrons. The maximum Gasteiger partial charge on any atom is 0.0231 e. The molecule has 0 radical (unpaired) electrons. The molecule has 2 heteroatoms. The van der Waals surface area contributed by atoms with Crippen molar-refractivity contribution < 1.29 is 0 Å². The van der Waals surface area contributed by atoms with Gasteiger partial charge in [0.1, 0.15) is 0 Å². The third kappa shape index (κ3) is 4.37. The van der Waals surface area contributed by atoms with Crippen molar-refractivity contribution >= 4 is 11.8 Å². The molecule has 0 saturated carbocycles. The zero-order valence-electron chi connectivity index (χ0n) is 9.47. The van der Waals surface area contributed by atoms with E-state index in [1.807, 2.05) is 0 Å². The van der Waals surface area contributed by atoms with Gasteiger partial charge in [-0.25, -0.2) is 0 Å². The van der Waals surface area contributed by atoms with Gasteiger partial charge in [-0.3, -0.25) is 0 Å². The molecule has 1 saturated heterocycles. The van der Waals surface area contributed by atoms with Crippen LogP contribution in [0.2, 0.25) is 0 Å². The highest BCUT2D eigenvalue weighted by Crippen LogP contribution is 2.29. The van der Waals surface area contributed by atoms with E-state index in [-0.39, 0.29) is 0 Å². The van der Waals surface area contributed by atoms with Crippen molar-refractivity contribution in [2.75, 3.05) is 25.4 Å². The van der Waals surface area contributed by atoms with Crippen LogP contribution in [0.25, 0.3) is 0 Å². The van der Waals surface area contributed by atoms with Crippen LogP contribution in [-0.4, -0.2) is 35.0 Å². The van der Waals surface area contributed by atoms with Crippen LogP contribution in [-0.2, 0) is 0 Å². The molecule has 0 atom stereocenters. The highest BCUT2D eigenvalue weighted by atomic mass is 32.2. The molecule has 0 spiro atoms. The standard InChI is InChI=1S/C11H23NS/c1-10(2)5-6-12-7-8-13-11(3,4)9-12/h10H,5-9H2,1-4H3. The van der Waals surface area contributed by atoms with Crippen LogP contribution in [0.5, 0.6) is 0 Å². The summed E-state index contributed by atoms with van der Waals surface area (Å²) in [4.78, 5) is 2.62. The average molecular weight is 201 g/mol. The number of hydrogen-bond acceptors (Lipinski definition) is 2. The van der Waals surface area contributed by atoms with Gasteiger partial charge in [-0.15, -0.1) is 0 Å².